The lowest BCUT2D eigenvalue weighted by Gasteiger charge is -2.17. The van der Waals surface area contributed by atoms with Crippen LogP contribution in [-0.2, 0) is 22.9 Å². The van der Waals surface area contributed by atoms with Gasteiger partial charge in [-0.1, -0.05) is 31.5 Å². The van der Waals surface area contributed by atoms with Gasteiger partial charge in [0.05, 0.1) is 10.6 Å². The summed E-state index contributed by atoms with van der Waals surface area (Å²) in [7, 11) is -4.05. The molecular weight excluding hydrogens is 344 g/mol. The number of anilines is 1. The molecule has 0 heterocycles. The molecule has 0 spiro atoms. The molecule has 0 saturated carbocycles. The van der Waals surface area contributed by atoms with Crippen LogP contribution < -0.4 is 4.72 Å². The van der Waals surface area contributed by atoms with E-state index in [1.807, 2.05) is 13.8 Å². The fourth-order valence-corrected chi connectivity index (χ4v) is 3.71. The third-order valence-electron chi connectivity index (χ3n) is 3.51. The fourth-order valence-electron chi connectivity index (χ4n) is 2.28. The monoisotopic (exact) mass is 359 g/mol. The predicted octanol–water partition coefficient (Wildman–Crippen LogP) is 4.54. The fraction of sp³-hybridized carbons (Fsp3) is 0.250. The average molecular weight is 360 g/mol. The lowest BCUT2D eigenvalue weighted by Crippen LogP contribution is -2.16. The highest BCUT2D eigenvalue weighted by Gasteiger charge is 2.20. The molecule has 0 aliphatic heterocycles. The third-order valence-corrected chi connectivity index (χ3v) is 5.22. The molecule has 0 amide bonds. The van der Waals surface area contributed by atoms with Crippen molar-refractivity contribution < 1.29 is 17.2 Å². The zero-order chi connectivity index (χ0) is 17.2. The molecule has 1 N–H and O–H groups in total. The zero-order valence-electron chi connectivity index (χ0n) is 12.7. The zero-order valence-corrected chi connectivity index (χ0v) is 14.2. The van der Waals surface area contributed by atoms with Gasteiger partial charge >= 0.3 is 0 Å². The molecule has 0 aliphatic carbocycles. The van der Waals surface area contributed by atoms with Gasteiger partial charge in [0.25, 0.3) is 10.0 Å². The molecule has 0 aliphatic rings. The minimum atomic E-state index is -4.05. The quantitative estimate of drug-likeness (QED) is 0.851. The van der Waals surface area contributed by atoms with Crippen LogP contribution in [0.25, 0.3) is 0 Å². The maximum Gasteiger partial charge on any atom is 0.262 e. The first-order valence-electron chi connectivity index (χ1n) is 7.08. The first-order chi connectivity index (χ1) is 10.8. The summed E-state index contributed by atoms with van der Waals surface area (Å²) in [6.07, 6.45) is 1.13. The molecule has 23 heavy (non-hydrogen) atoms. The van der Waals surface area contributed by atoms with Gasteiger partial charge in [0.2, 0.25) is 0 Å². The maximum absolute atomic E-state index is 13.3. The lowest BCUT2D eigenvalue weighted by molar-refractivity contribution is 0.504. The van der Waals surface area contributed by atoms with Crippen LogP contribution in [0.1, 0.15) is 25.0 Å². The highest BCUT2D eigenvalue weighted by Crippen LogP contribution is 2.31. The molecule has 0 saturated heterocycles. The molecule has 0 unspecified atom stereocenters. The number of halogens is 3. The number of sulfonamides is 1. The van der Waals surface area contributed by atoms with Crippen LogP contribution in [0.5, 0.6) is 0 Å². The van der Waals surface area contributed by atoms with Crippen molar-refractivity contribution >= 4 is 27.3 Å². The van der Waals surface area contributed by atoms with E-state index in [1.54, 1.807) is 12.1 Å². The maximum atomic E-state index is 13.3. The van der Waals surface area contributed by atoms with E-state index >= 15 is 0 Å². The number of hydrogen-bond acceptors (Lipinski definition) is 2. The summed E-state index contributed by atoms with van der Waals surface area (Å²) >= 11 is 6.13. The Balaban J connectivity index is 2.52. The van der Waals surface area contributed by atoms with Crippen molar-refractivity contribution in [1.29, 1.82) is 0 Å². The summed E-state index contributed by atoms with van der Waals surface area (Å²) in [6.45, 7) is 3.74. The topological polar surface area (TPSA) is 46.2 Å². The summed E-state index contributed by atoms with van der Waals surface area (Å²) in [5.74, 6) is -2.32. The van der Waals surface area contributed by atoms with Crippen molar-refractivity contribution in [3.8, 4) is 0 Å². The molecule has 3 nitrogen and oxygen atoms in total. The van der Waals surface area contributed by atoms with Crippen LogP contribution in [-0.4, -0.2) is 8.42 Å². The number of hydrogen-bond donors (Lipinski definition) is 1. The Morgan fingerprint density at radius 1 is 1.04 bits per heavy atom. The number of aryl methyl sites for hydroxylation is 1. The average Bonchev–Trinajstić information content (AvgIpc) is 2.50. The van der Waals surface area contributed by atoms with E-state index in [4.69, 9.17) is 11.6 Å². The molecule has 2 aromatic carbocycles. The summed E-state index contributed by atoms with van der Waals surface area (Å²) in [5.41, 5.74) is 1.84. The van der Waals surface area contributed by atoms with Crippen LogP contribution in [0.4, 0.5) is 14.5 Å². The van der Waals surface area contributed by atoms with Crippen LogP contribution in [0, 0.1) is 11.6 Å². The minimum absolute atomic E-state index is 0.347. The Kier molecular flexibility index (Phi) is 5.26. The normalized spacial score (nSPS) is 11.5. The summed E-state index contributed by atoms with van der Waals surface area (Å²) < 4.78 is 53.7. The molecular formula is C16H16ClF2NO2S. The summed E-state index contributed by atoms with van der Waals surface area (Å²) in [6, 6.07) is 5.91. The van der Waals surface area contributed by atoms with E-state index in [0.717, 1.165) is 17.7 Å². The first kappa shape index (κ1) is 17.7. The molecule has 0 bridgehead atoms. The molecule has 0 radical (unpaired) electrons. The van der Waals surface area contributed by atoms with Crippen molar-refractivity contribution in [3.05, 3.63) is 58.1 Å². The Morgan fingerprint density at radius 2 is 1.74 bits per heavy atom. The van der Waals surface area contributed by atoms with Crippen LogP contribution in [0.15, 0.2) is 35.2 Å². The van der Waals surface area contributed by atoms with E-state index in [2.05, 4.69) is 4.72 Å². The smallest absolute Gasteiger partial charge is 0.262 e. The van der Waals surface area contributed by atoms with Crippen molar-refractivity contribution in [1.82, 2.24) is 0 Å². The molecule has 124 valence electrons. The van der Waals surface area contributed by atoms with Crippen molar-refractivity contribution in [2.24, 2.45) is 0 Å². The van der Waals surface area contributed by atoms with E-state index in [0.29, 0.717) is 35.2 Å². The first-order valence-corrected chi connectivity index (χ1v) is 8.94. The van der Waals surface area contributed by atoms with Crippen LogP contribution in [0.3, 0.4) is 0 Å². The van der Waals surface area contributed by atoms with Gasteiger partial charge in [-0.15, -0.1) is 0 Å². The van der Waals surface area contributed by atoms with Gasteiger partial charge in [-0.2, -0.15) is 0 Å². The Morgan fingerprint density at radius 3 is 2.30 bits per heavy atom. The lowest BCUT2D eigenvalue weighted by atomic mass is 10.0. The SMILES string of the molecule is CCc1ccc(Cl)c(CC)c1NS(=O)(=O)c1ccc(F)c(F)c1. The van der Waals surface area contributed by atoms with Crippen LogP contribution >= 0.6 is 11.6 Å². The van der Waals surface area contributed by atoms with Crippen molar-refractivity contribution in [2.75, 3.05) is 4.72 Å². The largest absolute Gasteiger partial charge is 0.279 e. The number of rotatable bonds is 5. The molecule has 0 atom stereocenters. The predicted molar refractivity (Wildman–Crippen MR) is 87.4 cm³/mol. The van der Waals surface area contributed by atoms with Gasteiger partial charge in [0, 0.05) is 5.02 Å². The Hall–Kier alpha value is -1.66. The third kappa shape index (κ3) is 3.64. The molecule has 2 rings (SSSR count). The van der Waals surface area contributed by atoms with Gasteiger partial charge in [-0.3, -0.25) is 4.72 Å². The van der Waals surface area contributed by atoms with E-state index in [-0.39, 0.29) is 4.90 Å². The van der Waals surface area contributed by atoms with E-state index in [1.165, 1.54) is 0 Å². The number of benzene rings is 2. The van der Waals surface area contributed by atoms with Gasteiger partial charge in [-0.25, -0.2) is 17.2 Å². The second kappa shape index (κ2) is 6.84. The Bertz CT molecular complexity index is 838. The van der Waals surface area contributed by atoms with Crippen LogP contribution in [0.2, 0.25) is 5.02 Å². The molecule has 7 heteroatoms. The highest BCUT2D eigenvalue weighted by atomic mass is 35.5. The molecule has 0 fully saturated rings. The van der Waals surface area contributed by atoms with E-state index in [9.17, 15) is 17.2 Å². The summed E-state index contributed by atoms with van der Waals surface area (Å²) in [5, 5.41) is 0.452. The van der Waals surface area contributed by atoms with Gasteiger partial charge in [0.15, 0.2) is 11.6 Å². The van der Waals surface area contributed by atoms with Gasteiger partial charge < -0.3 is 0 Å². The second-order valence-electron chi connectivity index (χ2n) is 4.95. The Labute approximate surface area is 139 Å². The van der Waals surface area contributed by atoms with Gasteiger partial charge in [0.1, 0.15) is 0 Å². The number of nitrogens with one attached hydrogen (secondary N) is 1. The van der Waals surface area contributed by atoms with Crippen molar-refractivity contribution in [2.45, 2.75) is 31.6 Å². The second-order valence-corrected chi connectivity index (χ2v) is 7.04. The van der Waals surface area contributed by atoms with Crippen molar-refractivity contribution in [3.63, 3.8) is 0 Å². The highest BCUT2D eigenvalue weighted by molar-refractivity contribution is 7.92. The van der Waals surface area contributed by atoms with Gasteiger partial charge in [-0.05, 0) is 48.2 Å². The summed E-state index contributed by atoms with van der Waals surface area (Å²) in [4.78, 5) is -0.347. The van der Waals surface area contributed by atoms with E-state index < -0.39 is 21.7 Å². The molecule has 2 aromatic rings. The molecule has 0 aromatic heterocycles. The minimum Gasteiger partial charge on any atom is -0.279 e. The standard InChI is InChI=1S/C16H16ClF2NO2S/c1-3-10-5-7-13(17)12(4-2)16(10)20-23(21,22)11-6-8-14(18)15(19)9-11/h5-9,20H,3-4H2,1-2H3.